The minimum atomic E-state index is -4.07. The van der Waals surface area contributed by atoms with Crippen molar-refractivity contribution in [1.82, 2.24) is 0 Å². The molecule has 0 aliphatic carbocycles. The Morgan fingerprint density at radius 1 is 1.28 bits per heavy atom. The Bertz CT molecular complexity index is 405. The molecule has 0 saturated heterocycles. The van der Waals surface area contributed by atoms with Crippen LogP contribution in [0.2, 0.25) is 5.02 Å². The number of aryl methyl sites for hydroxylation is 1. The van der Waals surface area contributed by atoms with E-state index in [4.69, 9.17) is 17.3 Å². The van der Waals surface area contributed by atoms with Crippen LogP contribution in [0.25, 0.3) is 0 Å². The maximum Gasteiger partial charge on any atom is 0.389 e. The number of hydrogen-bond acceptors (Lipinski definition) is 2. The van der Waals surface area contributed by atoms with Gasteiger partial charge in [-0.25, -0.2) is 0 Å². The molecule has 0 saturated carbocycles. The second-order valence-electron chi connectivity index (χ2n) is 4.19. The fraction of sp³-hybridized carbons (Fsp3) is 0.500. The number of hydrogen-bond donors (Lipinski definition) is 2. The van der Waals surface area contributed by atoms with Gasteiger partial charge in [-0.05, 0) is 37.5 Å². The smallest absolute Gasteiger partial charge is 0.389 e. The molecule has 1 aromatic rings. The fourth-order valence-corrected chi connectivity index (χ4v) is 1.73. The predicted molar refractivity (Wildman–Crippen MR) is 69.0 cm³/mol. The van der Waals surface area contributed by atoms with Gasteiger partial charge in [0.1, 0.15) is 0 Å². The molecule has 102 valence electrons. The van der Waals surface area contributed by atoms with Crippen LogP contribution in [-0.2, 0) is 0 Å². The summed E-state index contributed by atoms with van der Waals surface area (Å²) < 4.78 is 35.7. The maximum atomic E-state index is 11.9. The third-order valence-corrected chi connectivity index (χ3v) is 2.87. The van der Waals surface area contributed by atoms with Crippen molar-refractivity contribution in [2.24, 2.45) is 0 Å². The number of unbranched alkanes of at least 4 members (excludes halogenated alkanes) is 1. The standard InChI is InChI=1S/C12H16ClF3N2/c1-8-6-10(17)9(13)7-11(8)18-5-3-2-4-12(14,15)16/h6-7,18H,2-5,17H2,1H3. The lowest BCUT2D eigenvalue weighted by molar-refractivity contribution is -0.135. The summed E-state index contributed by atoms with van der Waals surface area (Å²) in [5.74, 6) is 0. The predicted octanol–water partition coefficient (Wildman–Crippen LogP) is 4.38. The van der Waals surface area contributed by atoms with E-state index in [1.54, 1.807) is 12.1 Å². The van der Waals surface area contributed by atoms with E-state index in [0.29, 0.717) is 23.7 Å². The van der Waals surface area contributed by atoms with Gasteiger partial charge in [-0.15, -0.1) is 0 Å². The zero-order chi connectivity index (χ0) is 13.8. The zero-order valence-electron chi connectivity index (χ0n) is 10.1. The van der Waals surface area contributed by atoms with E-state index in [2.05, 4.69) is 5.32 Å². The Labute approximate surface area is 109 Å². The molecule has 0 fully saturated rings. The molecule has 2 nitrogen and oxygen atoms in total. The third-order valence-electron chi connectivity index (χ3n) is 2.55. The quantitative estimate of drug-likeness (QED) is 0.621. The SMILES string of the molecule is Cc1cc(N)c(Cl)cc1NCCCCC(F)(F)F. The molecule has 0 heterocycles. The van der Waals surface area contributed by atoms with Crippen LogP contribution in [0.4, 0.5) is 24.5 Å². The summed E-state index contributed by atoms with van der Waals surface area (Å²) >= 11 is 5.87. The highest BCUT2D eigenvalue weighted by atomic mass is 35.5. The number of rotatable bonds is 5. The van der Waals surface area contributed by atoms with Crippen LogP contribution < -0.4 is 11.1 Å². The molecule has 0 aliphatic heterocycles. The summed E-state index contributed by atoms with van der Waals surface area (Å²) in [4.78, 5) is 0. The Kier molecular flexibility index (Phi) is 5.14. The first-order valence-corrected chi connectivity index (χ1v) is 6.03. The molecule has 0 aliphatic rings. The number of nitrogens with one attached hydrogen (secondary N) is 1. The lowest BCUT2D eigenvalue weighted by Gasteiger charge is -2.11. The van der Waals surface area contributed by atoms with E-state index >= 15 is 0 Å². The summed E-state index contributed by atoms with van der Waals surface area (Å²) in [6, 6.07) is 3.43. The monoisotopic (exact) mass is 280 g/mol. The van der Waals surface area contributed by atoms with E-state index in [1.807, 2.05) is 6.92 Å². The van der Waals surface area contributed by atoms with Crippen molar-refractivity contribution in [1.29, 1.82) is 0 Å². The lowest BCUT2D eigenvalue weighted by atomic mass is 10.1. The molecular formula is C12H16ClF3N2. The van der Waals surface area contributed by atoms with Crippen LogP contribution in [0, 0.1) is 6.92 Å². The van der Waals surface area contributed by atoms with E-state index in [1.165, 1.54) is 0 Å². The highest BCUT2D eigenvalue weighted by Gasteiger charge is 2.25. The summed E-state index contributed by atoms with van der Waals surface area (Å²) in [5, 5.41) is 3.50. The topological polar surface area (TPSA) is 38.0 Å². The van der Waals surface area contributed by atoms with Gasteiger partial charge < -0.3 is 11.1 Å². The number of nitrogen functional groups attached to an aromatic ring is 1. The van der Waals surface area contributed by atoms with Gasteiger partial charge in [-0.2, -0.15) is 13.2 Å². The zero-order valence-corrected chi connectivity index (χ0v) is 10.8. The molecule has 1 aromatic carbocycles. The lowest BCUT2D eigenvalue weighted by Crippen LogP contribution is -2.09. The average Bonchev–Trinajstić information content (AvgIpc) is 2.23. The molecule has 0 bridgehead atoms. The summed E-state index contributed by atoms with van der Waals surface area (Å²) in [7, 11) is 0. The molecule has 0 spiro atoms. The Hall–Kier alpha value is -1.10. The average molecular weight is 281 g/mol. The first kappa shape index (κ1) is 15.0. The minimum Gasteiger partial charge on any atom is -0.398 e. The fourth-order valence-electron chi connectivity index (χ4n) is 1.57. The van der Waals surface area contributed by atoms with Crippen LogP contribution in [0.1, 0.15) is 24.8 Å². The molecule has 6 heteroatoms. The molecule has 0 unspecified atom stereocenters. The number of benzene rings is 1. The summed E-state index contributed by atoms with van der Waals surface area (Å²) in [6.07, 6.45) is -4.23. The summed E-state index contributed by atoms with van der Waals surface area (Å²) in [5.41, 5.74) is 7.86. The van der Waals surface area contributed by atoms with Gasteiger partial charge in [-0.1, -0.05) is 11.6 Å². The van der Waals surface area contributed by atoms with Crippen LogP contribution in [0.5, 0.6) is 0 Å². The van der Waals surface area contributed by atoms with Gasteiger partial charge in [0, 0.05) is 18.7 Å². The van der Waals surface area contributed by atoms with E-state index in [-0.39, 0.29) is 6.42 Å². The van der Waals surface area contributed by atoms with Gasteiger partial charge in [0.25, 0.3) is 0 Å². The molecule has 0 aromatic heterocycles. The Morgan fingerprint density at radius 2 is 1.94 bits per heavy atom. The second kappa shape index (κ2) is 6.18. The van der Waals surface area contributed by atoms with Crippen LogP contribution in [0.3, 0.4) is 0 Å². The molecule has 0 radical (unpaired) electrons. The molecule has 3 N–H and O–H groups in total. The van der Waals surface area contributed by atoms with E-state index in [0.717, 1.165) is 11.3 Å². The molecule has 0 amide bonds. The maximum absolute atomic E-state index is 11.9. The third kappa shape index (κ3) is 5.04. The van der Waals surface area contributed by atoms with Gasteiger partial charge in [0.05, 0.1) is 10.7 Å². The second-order valence-corrected chi connectivity index (χ2v) is 4.59. The van der Waals surface area contributed by atoms with Crippen LogP contribution in [0.15, 0.2) is 12.1 Å². The van der Waals surface area contributed by atoms with E-state index < -0.39 is 12.6 Å². The molecular weight excluding hydrogens is 265 g/mol. The number of nitrogens with two attached hydrogens (primary N) is 1. The number of alkyl halides is 3. The van der Waals surface area contributed by atoms with Crippen molar-refractivity contribution in [3.05, 3.63) is 22.7 Å². The van der Waals surface area contributed by atoms with Crippen molar-refractivity contribution in [3.63, 3.8) is 0 Å². The Morgan fingerprint density at radius 3 is 2.56 bits per heavy atom. The van der Waals surface area contributed by atoms with Gasteiger partial charge in [-0.3, -0.25) is 0 Å². The van der Waals surface area contributed by atoms with Crippen molar-refractivity contribution in [2.45, 2.75) is 32.4 Å². The highest BCUT2D eigenvalue weighted by Crippen LogP contribution is 2.27. The van der Waals surface area contributed by atoms with Crippen molar-refractivity contribution in [2.75, 3.05) is 17.6 Å². The highest BCUT2D eigenvalue weighted by molar-refractivity contribution is 6.33. The minimum absolute atomic E-state index is 0.123. The number of halogens is 4. The van der Waals surface area contributed by atoms with Crippen molar-refractivity contribution in [3.8, 4) is 0 Å². The van der Waals surface area contributed by atoms with E-state index in [9.17, 15) is 13.2 Å². The molecule has 18 heavy (non-hydrogen) atoms. The normalized spacial score (nSPS) is 11.6. The molecule has 0 atom stereocenters. The summed E-state index contributed by atoms with van der Waals surface area (Å²) in [6.45, 7) is 2.35. The Balaban J connectivity index is 2.38. The van der Waals surface area contributed by atoms with Crippen LogP contribution in [-0.4, -0.2) is 12.7 Å². The van der Waals surface area contributed by atoms with Gasteiger partial charge in [0.2, 0.25) is 0 Å². The largest absolute Gasteiger partial charge is 0.398 e. The molecule has 1 rings (SSSR count). The van der Waals surface area contributed by atoms with Crippen LogP contribution >= 0.6 is 11.6 Å². The first-order chi connectivity index (χ1) is 8.29. The van der Waals surface area contributed by atoms with Gasteiger partial charge in [0.15, 0.2) is 0 Å². The van der Waals surface area contributed by atoms with Crippen molar-refractivity contribution < 1.29 is 13.2 Å². The van der Waals surface area contributed by atoms with Gasteiger partial charge >= 0.3 is 6.18 Å². The van der Waals surface area contributed by atoms with Crippen molar-refractivity contribution >= 4 is 23.0 Å². The first-order valence-electron chi connectivity index (χ1n) is 5.66. The number of anilines is 2.